The molecule has 0 aliphatic heterocycles. The van der Waals surface area contributed by atoms with Crippen LogP contribution in [0.1, 0.15) is 49.7 Å². The Bertz CT molecular complexity index is 655. The summed E-state index contributed by atoms with van der Waals surface area (Å²) in [6.07, 6.45) is 8.79. The third-order valence-corrected chi connectivity index (χ3v) is 4.41. The number of nitrogens with zero attached hydrogens (tertiary/aromatic N) is 1. The molecule has 0 unspecified atom stereocenters. The largest absolute Gasteiger partial charge is 0.370 e. The van der Waals surface area contributed by atoms with Gasteiger partial charge in [0.1, 0.15) is 0 Å². The third-order valence-electron chi connectivity index (χ3n) is 4.41. The Hall–Kier alpha value is -2.61. The number of nitrogens with two attached hydrogens (primary N) is 1. The molecule has 126 valence electrons. The fourth-order valence-corrected chi connectivity index (χ4v) is 3.20. The first-order valence-electron chi connectivity index (χ1n) is 8.35. The lowest BCUT2D eigenvalue weighted by Crippen LogP contribution is -2.42. The van der Waals surface area contributed by atoms with Crippen molar-refractivity contribution in [3.05, 3.63) is 41.5 Å². The minimum atomic E-state index is -0.392. The lowest BCUT2D eigenvalue weighted by Gasteiger charge is -2.30. The molecule has 2 amide bonds. The summed E-state index contributed by atoms with van der Waals surface area (Å²) in [6, 6.07) is 8.89. The Morgan fingerprint density at radius 1 is 1.33 bits per heavy atom. The zero-order chi connectivity index (χ0) is 17.4. The van der Waals surface area contributed by atoms with Gasteiger partial charge in [0.2, 0.25) is 11.8 Å². The van der Waals surface area contributed by atoms with E-state index >= 15 is 0 Å². The average molecular weight is 325 g/mol. The lowest BCUT2D eigenvalue weighted by molar-refractivity contribution is -0.120. The van der Waals surface area contributed by atoms with E-state index in [1.54, 1.807) is 24.3 Å². The van der Waals surface area contributed by atoms with Crippen molar-refractivity contribution in [1.82, 2.24) is 5.32 Å². The van der Waals surface area contributed by atoms with Gasteiger partial charge in [-0.2, -0.15) is 5.26 Å². The van der Waals surface area contributed by atoms with Crippen LogP contribution in [0.15, 0.2) is 30.3 Å². The number of rotatable bonds is 6. The van der Waals surface area contributed by atoms with Crippen LogP contribution in [-0.2, 0) is 9.59 Å². The SMILES string of the molecule is N#Cc1cccc(/C=C/C(=O)N[C@H](CC(N)=O)C2CCCCC2)c1. The number of hydrogen-bond donors (Lipinski definition) is 2. The van der Waals surface area contributed by atoms with E-state index in [1.165, 1.54) is 12.5 Å². The fraction of sp³-hybridized carbons (Fsp3) is 0.421. The molecule has 1 aromatic carbocycles. The molecule has 24 heavy (non-hydrogen) atoms. The first-order chi connectivity index (χ1) is 11.6. The van der Waals surface area contributed by atoms with Crippen LogP contribution < -0.4 is 11.1 Å². The average Bonchev–Trinajstić information content (AvgIpc) is 2.60. The maximum atomic E-state index is 12.2. The lowest BCUT2D eigenvalue weighted by atomic mass is 9.82. The van der Waals surface area contributed by atoms with E-state index in [0.717, 1.165) is 31.2 Å². The van der Waals surface area contributed by atoms with E-state index in [-0.39, 0.29) is 18.4 Å². The summed E-state index contributed by atoms with van der Waals surface area (Å²) in [5.41, 5.74) is 6.67. The van der Waals surface area contributed by atoms with Crippen molar-refractivity contribution < 1.29 is 9.59 Å². The molecule has 1 fully saturated rings. The van der Waals surface area contributed by atoms with Crippen molar-refractivity contribution in [3.63, 3.8) is 0 Å². The maximum absolute atomic E-state index is 12.2. The van der Waals surface area contributed by atoms with E-state index in [4.69, 9.17) is 11.0 Å². The van der Waals surface area contributed by atoms with Crippen molar-refractivity contribution in [1.29, 1.82) is 5.26 Å². The van der Waals surface area contributed by atoms with E-state index < -0.39 is 5.91 Å². The smallest absolute Gasteiger partial charge is 0.244 e. The molecule has 1 saturated carbocycles. The Kier molecular flexibility index (Phi) is 6.56. The van der Waals surface area contributed by atoms with Crippen LogP contribution in [0.25, 0.3) is 6.08 Å². The van der Waals surface area contributed by atoms with Gasteiger partial charge in [-0.25, -0.2) is 0 Å². The van der Waals surface area contributed by atoms with Crippen LogP contribution in [0.5, 0.6) is 0 Å². The second kappa shape index (κ2) is 8.88. The minimum absolute atomic E-state index is 0.175. The molecule has 0 heterocycles. The summed E-state index contributed by atoms with van der Waals surface area (Å²) in [7, 11) is 0. The fourth-order valence-electron chi connectivity index (χ4n) is 3.20. The molecule has 3 N–H and O–H groups in total. The zero-order valence-electron chi connectivity index (χ0n) is 13.7. The predicted molar refractivity (Wildman–Crippen MR) is 92.5 cm³/mol. The van der Waals surface area contributed by atoms with Crippen molar-refractivity contribution in [2.45, 2.75) is 44.6 Å². The molecule has 5 heteroatoms. The van der Waals surface area contributed by atoms with Crippen LogP contribution in [0.2, 0.25) is 0 Å². The molecule has 1 aliphatic rings. The highest BCUT2D eigenvalue weighted by molar-refractivity contribution is 5.92. The van der Waals surface area contributed by atoms with Crippen LogP contribution >= 0.6 is 0 Å². The van der Waals surface area contributed by atoms with Gasteiger partial charge in [0, 0.05) is 18.5 Å². The van der Waals surface area contributed by atoms with E-state index in [9.17, 15) is 9.59 Å². The van der Waals surface area contributed by atoms with Crippen LogP contribution in [0.3, 0.4) is 0 Å². The number of nitrogens with one attached hydrogen (secondary N) is 1. The van der Waals surface area contributed by atoms with Crippen molar-refractivity contribution in [3.8, 4) is 6.07 Å². The summed E-state index contributed by atoms with van der Waals surface area (Å²) in [5.74, 6) is -0.323. The molecule has 1 aliphatic carbocycles. The van der Waals surface area contributed by atoms with E-state index in [0.29, 0.717) is 11.5 Å². The summed E-state index contributed by atoms with van der Waals surface area (Å²) in [6.45, 7) is 0. The number of primary amides is 1. The van der Waals surface area contributed by atoms with E-state index in [1.807, 2.05) is 6.07 Å². The summed E-state index contributed by atoms with van der Waals surface area (Å²) in [5, 5.41) is 11.8. The quantitative estimate of drug-likeness (QED) is 0.787. The van der Waals surface area contributed by atoms with Gasteiger partial charge in [0.25, 0.3) is 0 Å². The van der Waals surface area contributed by atoms with E-state index in [2.05, 4.69) is 11.4 Å². The molecule has 0 spiro atoms. The van der Waals surface area contributed by atoms with Gasteiger partial charge in [0.05, 0.1) is 11.6 Å². The van der Waals surface area contributed by atoms with Gasteiger partial charge in [0.15, 0.2) is 0 Å². The summed E-state index contributed by atoms with van der Waals surface area (Å²) in [4.78, 5) is 23.5. The first kappa shape index (κ1) is 17.7. The standard InChI is InChI=1S/C19H23N3O2/c20-13-15-6-4-5-14(11-15)9-10-19(24)22-17(12-18(21)23)16-7-2-1-3-8-16/h4-6,9-11,16-17H,1-3,7-8,12H2,(H2,21,23)(H,22,24)/b10-9+/t17-/m1/s1. The number of carbonyl (C=O) groups is 2. The van der Waals surface area contributed by atoms with Crippen molar-refractivity contribution in [2.24, 2.45) is 11.7 Å². The molecular weight excluding hydrogens is 302 g/mol. The molecule has 5 nitrogen and oxygen atoms in total. The summed E-state index contributed by atoms with van der Waals surface area (Å²) >= 11 is 0. The topological polar surface area (TPSA) is 96.0 Å². The maximum Gasteiger partial charge on any atom is 0.244 e. The highest BCUT2D eigenvalue weighted by Crippen LogP contribution is 2.27. The Morgan fingerprint density at radius 3 is 2.75 bits per heavy atom. The number of amides is 2. The van der Waals surface area contributed by atoms with Crippen molar-refractivity contribution >= 4 is 17.9 Å². The second-order valence-electron chi connectivity index (χ2n) is 6.25. The van der Waals surface area contributed by atoms with Gasteiger partial charge < -0.3 is 11.1 Å². The highest BCUT2D eigenvalue weighted by atomic mass is 16.2. The predicted octanol–water partition coefficient (Wildman–Crippen LogP) is 2.51. The van der Waals surface area contributed by atoms with Gasteiger partial charge in [-0.1, -0.05) is 31.4 Å². The van der Waals surface area contributed by atoms with Crippen LogP contribution in [-0.4, -0.2) is 17.9 Å². The normalized spacial score (nSPS) is 16.5. The van der Waals surface area contributed by atoms with Gasteiger partial charge >= 0.3 is 0 Å². The zero-order valence-corrected chi connectivity index (χ0v) is 13.7. The molecule has 1 atom stereocenters. The first-order valence-corrected chi connectivity index (χ1v) is 8.35. The summed E-state index contributed by atoms with van der Waals surface area (Å²) < 4.78 is 0. The molecule has 0 bridgehead atoms. The Morgan fingerprint density at radius 2 is 2.08 bits per heavy atom. The van der Waals surface area contributed by atoms with Gasteiger partial charge in [-0.3, -0.25) is 9.59 Å². The Balaban J connectivity index is 1.99. The minimum Gasteiger partial charge on any atom is -0.370 e. The molecule has 0 aromatic heterocycles. The van der Waals surface area contributed by atoms with Crippen LogP contribution in [0, 0.1) is 17.2 Å². The highest BCUT2D eigenvalue weighted by Gasteiger charge is 2.25. The monoisotopic (exact) mass is 325 g/mol. The Labute approximate surface area is 142 Å². The molecule has 0 saturated heterocycles. The van der Waals surface area contributed by atoms with Crippen LogP contribution in [0.4, 0.5) is 0 Å². The van der Waals surface area contributed by atoms with Gasteiger partial charge in [-0.05, 0) is 42.5 Å². The number of nitriles is 1. The number of benzene rings is 1. The molecular formula is C19H23N3O2. The van der Waals surface area contributed by atoms with Gasteiger partial charge in [-0.15, -0.1) is 0 Å². The molecule has 2 rings (SSSR count). The molecule has 1 aromatic rings. The van der Waals surface area contributed by atoms with Crippen molar-refractivity contribution in [2.75, 3.05) is 0 Å². The third kappa shape index (κ3) is 5.54. The second-order valence-corrected chi connectivity index (χ2v) is 6.25. The number of hydrogen-bond acceptors (Lipinski definition) is 3. The number of carbonyl (C=O) groups excluding carboxylic acids is 2. The molecule has 0 radical (unpaired) electrons.